The third-order valence-corrected chi connectivity index (χ3v) is 2.57. The zero-order chi connectivity index (χ0) is 11.4. The Balaban J connectivity index is 2.80. The Bertz CT molecular complexity index is 323. The van der Waals surface area contributed by atoms with Gasteiger partial charge in [-0.2, -0.15) is 0 Å². The standard InChI is InChI=1S/C12H19NO2/c1-8(10(3)14)5-11-7-12(15-4)6-9(2)13-11/h6-8,10,14H,5H2,1-4H3. The van der Waals surface area contributed by atoms with Crippen LogP contribution in [-0.2, 0) is 6.42 Å². The minimum Gasteiger partial charge on any atom is -0.497 e. The van der Waals surface area contributed by atoms with Gasteiger partial charge in [-0.15, -0.1) is 0 Å². The van der Waals surface area contributed by atoms with E-state index in [2.05, 4.69) is 4.98 Å². The maximum Gasteiger partial charge on any atom is 0.122 e. The third-order valence-electron chi connectivity index (χ3n) is 2.57. The molecule has 0 bridgehead atoms. The molecule has 0 amide bonds. The van der Waals surface area contributed by atoms with Gasteiger partial charge >= 0.3 is 0 Å². The molecule has 84 valence electrons. The molecule has 0 aliphatic carbocycles. The van der Waals surface area contributed by atoms with Crippen LogP contribution in [0, 0.1) is 12.8 Å². The van der Waals surface area contributed by atoms with Crippen molar-refractivity contribution in [2.75, 3.05) is 7.11 Å². The molecule has 0 saturated carbocycles. The van der Waals surface area contributed by atoms with Crippen LogP contribution < -0.4 is 4.74 Å². The van der Waals surface area contributed by atoms with E-state index in [4.69, 9.17) is 4.74 Å². The molecular formula is C12H19NO2. The highest BCUT2D eigenvalue weighted by atomic mass is 16.5. The molecule has 0 aromatic carbocycles. The lowest BCUT2D eigenvalue weighted by atomic mass is 10.00. The minimum atomic E-state index is -0.307. The van der Waals surface area contributed by atoms with Crippen molar-refractivity contribution in [3.8, 4) is 5.75 Å². The fourth-order valence-electron chi connectivity index (χ4n) is 1.43. The van der Waals surface area contributed by atoms with Crippen molar-refractivity contribution in [3.05, 3.63) is 23.5 Å². The van der Waals surface area contributed by atoms with Crippen LogP contribution in [0.1, 0.15) is 25.2 Å². The first kappa shape index (κ1) is 12.0. The molecule has 1 aromatic heterocycles. The largest absolute Gasteiger partial charge is 0.497 e. The van der Waals surface area contributed by atoms with E-state index in [0.29, 0.717) is 0 Å². The van der Waals surface area contributed by atoms with Crippen molar-refractivity contribution >= 4 is 0 Å². The number of pyridine rings is 1. The van der Waals surface area contributed by atoms with E-state index >= 15 is 0 Å². The van der Waals surface area contributed by atoms with Crippen LogP contribution in [0.25, 0.3) is 0 Å². The van der Waals surface area contributed by atoms with Gasteiger partial charge in [0.15, 0.2) is 0 Å². The molecule has 3 nitrogen and oxygen atoms in total. The lowest BCUT2D eigenvalue weighted by molar-refractivity contribution is 0.134. The molecule has 3 heteroatoms. The number of rotatable bonds is 4. The molecule has 0 saturated heterocycles. The first-order chi connectivity index (χ1) is 7.02. The predicted molar refractivity (Wildman–Crippen MR) is 60.1 cm³/mol. The molecule has 0 aliphatic rings. The summed E-state index contributed by atoms with van der Waals surface area (Å²) in [6.45, 7) is 5.76. The maximum atomic E-state index is 9.42. The summed E-state index contributed by atoms with van der Waals surface area (Å²) in [7, 11) is 1.65. The Morgan fingerprint density at radius 1 is 1.40 bits per heavy atom. The van der Waals surface area contributed by atoms with Crippen LogP contribution in [0.2, 0.25) is 0 Å². The van der Waals surface area contributed by atoms with Crippen molar-refractivity contribution in [2.45, 2.75) is 33.3 Å². The van der Waals surface area contributed by atoms with E-state index in [1.807, 2.05) is 26.0 Å². The lowest BCUT2D eigenvalue weighted by Crippen LogP contribution is -2.16. The van der Waals surface area contributed by atoms with Gasteiger partial charge in [-0.3, -0.25) is 4.98 Å². The number of ether oxygens (including phenoxy) is 1. The summed E-state index contributed by atoms with van der Waals surface area (Å²) in [6.07, 6.45) is 0.466. The van der Waals surface area contributed by atoms with E-state index < -0.39 is 0 Å². The number of hydrogen-bond acceptors (Lipinski definition) is 3. The van der Waals surface area contributed by atoms with Crippen molar-refractivity contribution in [2.24, 2.45) is 5.92 Å². The summed E-state index contributed by atoms with van der Waals surface area (Å²) in [5.74, 6) is 1.04. The molecule has 0 spiro atoms. The Labute approximate surface area is 91.1 Å². The Morgan fingerprint density at radius 3 is 2.60 bits per heavy atom. The normalized spacial score (nSPS) is 14.7. The van der Waals surface area contributed by atoms with Crippen LogP contribution in [0.15, 0.2) is 12.1 Å². The van der Waals surface area contributed by atoms with Gasteiger partial charge in [-0.1, -0.05) is 6.92 Å². The van der Waals surface area contributed by atoms with E-state index in [9.17, 15) is 5.11 Å². The second-order valence-corrected chi connectivity index (χ2v) is 4.06. The topological polar surface area (TPSA) is 42.4 Å². The molecule has 2 unspecified atom stereocenters. The first-order valence-electron chi connectivity index (χ1n) is 5.22. The molecule has 0 radical (unpaired) electrons. The zero-order valence-corrected chi connectivity index (χ0v) is 9.82. The summed E-state index contributed by atoms with van der Waals surface area (Å²) in [5, 5.41) is 9.42. The highest BCUT2D eigenvalue weighted by Gasteiger charge is 2.11. The van der Waals surface area contributed by atoms with Crippen molar-refractivity contribution in [1.82, 2.24) is 4.98 Å². The van der Waals surface area contributed by atoms with E-state index in [1.54, 1.807) is 14.0 Å². The molecular weight excluding hydrogens is 190 g/mol. The minimum absolute atomic E-state index is 0.212. The van der Waals surface area contributed by atoms with Gasteiger partial charge in [0, 0.05) is 23.5 Å². The lowest BCUT2D eigenvalue weighted by Gasteiger charge is -2.14. The van der Waals surface area contributed by atoms with Gasteiger partial charge in [0.1, 0.15) is 5.75 Å². The molecule has 2 atom stereocenters. The molecule has 1 N–H and O–H groups in total. The quantitative estimate of drug-likeness (QED) is 0.824. The summed E-state index contributed by atoms with van der Waals surface area (Å²) < 4.78 is 5.18. The third kappa shape index (κ3) is 3.51. The second kappa shape index (κ2) is 5.12. The zero-order valence-electron chi connectivity index (χ0n) is 9.82. The predicted octanol–water partition coefficient (Wildman–Crippen LogP) is 1.96. The van der Waals surface area contributed by atoms with Crippen molar-refractivity contribution in [3.63, 3.8) is 0 Å². The number of methoxy groups -OCH3 is 1. The summed E-state index contributed by atoms with van der Waals surface area (Å²) >= 11 is 0. The van der Waals surface area contributed by atoms with Crippen molar-refractivity contribution < 1.29 is 9.84 Å². The average molecular weight is 209 g/mol. The number of nitrogens with zero attached hydrogens (tertiary/aromatic N) is 1. The Kier molecular flexibility index (Phi) is 4.09. The summed E-state index contributed by atoms with van der Waals surface area (Å²) in [5.41, 5.74) is 1.92. The second-order valence-electron chi connectivity index (χ2n) is 4.06. The molecule has 15 heavy (non-hydrogen) atoms. The van der Waals surface area contributed by atoms with Crippen LogP contribution in [0.5, 0.6) is 5.75 Å². The van der Waals surface area contributed by atoms with E-state index in [1.165, 1.54) is 0 Å². The van der Waals surface area contributed by atoms with Gasteiger partial charge in [-0.05, 0) is 26.2 Å². The highest BCUT2D eigenvalue weighted by molar-refractivity contribution is 5.26. The van der Waals surface area contributed by atoms with Gasteiger partial charge in [0.2, 0.25) is 0 Å². The van der Waals surface area contributed by atoms with Gasteiger partial charge in [0.05, 0.1) is 13.2 Å². The number of hydrogen-bond donors (Lipinski definition) is 1. The smallest absolute Gasteiger partial charge is 0.122 e. The summed E-state index contributed by atoms with van der Waals surface area (Å²) in [6, 6.07) is 3.82. The van der Waals surface area contributed by atoms with Crippen LogP contribution in [0.3, 0.4) is 0 Å². The van der Waals surface area contributed by atoms with E-state index in [-0.39, 0.29) is 12.0 Å². The average Bonchev–Trinajstić information content (AvgIpc) is 2.16. The van der Waals surface area contributed by atoms with Gasteiger partial charge < -0.3 is 9.84 Å². The van der Waals surface area contributed by atoms with Crippen molar-refractivity contribution in [1.29, 1.82) is 0 Å². The molecule has 1 rings (SSSR count). The number of aliphatic hydroxyl groups excluding tert-OH is 1. The molecule has 0 aliphatic heterocycles. The Morgan fingerprint density at radius 2 is 2.07 bits per heavy atom. The fraction of sp³-hybridized carbons (Fsp3) is 0.583. The molecule has 1 heterocycles. The van der Waals surface area contributed by atoms with Gasteiger partial charge in [0.25, 0.3) is 0 Å². The van der Waals surface area contributed by atoms with Crippen LogP contribution in [-0.4, -0.2) is 23.3 Å². The first-order valence-corrected chi connectivity index (χ1v) is 5.22. The monoisotopic (exact) mass is 209 g/mol. The van der Waals surface area contributed by atoms with Crippen LogP contribution >= 0.6 is 0 Å². The highest BCUT2D eigenvalue weighted by Crippen LogP contribution is 2.17. The number of aliphatic hydroxyl groups is 1. The SMILES string of the molecule is COc1cc(C)nc(CC(C)C(C)O)c1. The van der Waals surface area contributed by atoms with Gasteiger partial charge in [-0.25, -0.2) is 0 Å². The summed E-state index contributed by atoms with van der Waals surface area (Å²) in [4.78, 5) is 4.41. The fourth-order valence-corrected chi connectivity index (χ4v) is 1.43. The van der Waals surface area contributed by atoms with Crippen LogP contribution in [0.4, 0.5) is 0 Å². The number of aromatic nitrogens is 1. The number of aryl methyl sites for hydroxylation is 1. The maximum absolute atomic E-state index is 9.42. The molecule has 0 fully saturated rings. The van der Waals surface area contributed by atoms with E-state index in [0.717, 1.165) is 23.6 Å². The molecule has 1 aromatic rings. The Hall–Kier alpha value is -1.09.